The minimum atomic E-state index is -0.421. The Morgan fingerprint density at radius 1 is 1.19 bits per heavy atom. The van der Waals surface area contributed by atoms with Crippen LogP contribution in [0.25, 0.3) is 0 Å². The van der Waals surface area contributed by atoms with Crippen molar-refractivity contribution < 1.29 is 5.11 Å². The van der Waals surface area contributed by atoms with Crippen LogP contribution < -0.4 is 5.73 Å². The molecular formula is C12H15Br2NO. The third kappa shape index (κ3) is 2.67. The Bertz CT molecular complexity index is 359. The smallest absolute Gasteiger partial charge is 0.0760 e. The summed E-state index contributed by atoms with van der Waals surface area (Å²) in [5, 5.41) is 10.1. The molecule has 2 atom stereocenters. The van der Waals surface area contributed by atoms with Crippen LogP contribution in [0.2, 0.25) is 0 Å². The van der Waals surface area contributed by atoms with E-state index in [1.807, 2.05) is 18.2 Å². The number of aliphatic hydroxyl groups is 1. The fraction of sp³-hybridized carbons (Fsp3) is 0.500. The number of hydrogen-bond donors (Lipinski definition) is 2. The second kappa shape index (κ2) is 5.17. The van der Waals surface area contributed by atoms with Gasteiger partial charge in [0.15, 0.2) is 0 Å². The predicted molar refractivity (Wildman–Crippen MR) is 72.1 cm³/mol. The molecule has 0 radical (unpaired) electrons. The zero-order valence-corrected chi connectivity index (χ0v) is 12.0. The van der Waals surface area contributed by atoms with Gasteiger partial charge in [-0.05, 0) is 42.5 Å². The third-order valence-electron chi connectivity index (χ3n) is 3.27. The van der Waals surface area contributed by atoms with E-state index < -0.39 is 6.10 Å². The molecule has 0 heterocycles. The summed E-state index contributed by atoms with van der Waals surface area (Å²) in [7, 11) is 0. The van der Waals surface area contributed by atoms with Gasteiger partial charge >= 0.3 is 0 Å². The van der Waals surface area contributed by atoms with Gasteiger partial charge in [0.1, 0.15) is 0 Å². The fourth-order valence-electron chi connectivity index (χ4n) is 2.04. The molecule has 0 spiro atoms. The molecule has 1 saturated carbocycles. The zero-order chi connectivity index (χ0) is 11.7. The highest BCUT2D eigenvalue weighted by molar-refractivity contribution is 9.11. The molecule has 88 valence electrons. The zero-order valence-electron chi connectivity index (χ0n) is 8.87. The molecule has 0 saturated heterocycles. The summed E-state index contributed by atoms with van der Waals surface area (Å²) in [5.74, 6) is 0.382. The molecule has 1 aromatic rings. The van der Waals surface area contributed by atoms with Crippen LogP contribution in [0.5, 0.6) is 0 Å². The lowest BCUT2D eigenvalue weighted by Crippen LogP contribution is -2.36. The van der Waals surface area contributed by atoms with Crippen molar-refractivity contribution in [3.05, 3.63) is 32.7 Å². The van der Waals surface area contributed by atoms with Crippen LogP contribution in [0.15, 0.2) is 27.1 Å². The molecule has 4 heteroatoms. The lowest BCUT2D eigenvalue weighted by Gasteiger charge is -2.33. The van der Waals surface area contributed by atoms with Gasteiger partial charge in [0.05, 0.1) is 12.1 Å². The first-order valence-corrected chi connectivity index (χ1v) is 7.06. The van der Waals surface area contributed by atoms with Gasteiger partial charge in [-0.15, -0.1) is 0 Å². The molecule has 16 heavy (non-hydrogen) atoms. The monoisotopic (exact) mass is 347 g/mol. The lowest BCUT2D eigenvalue weighted by atomic mass is 9.77. The van der Waals surface area contributed by atoms with Gasteiger partial charge in [-0.3, -0.25) is 0 Å². The average molecular weight is 349 g/mol. The number of nitrogens with two attached hydrogens (primary N) is 1. The molecule has 0 unspecified atom stereocenters. The van der Waals surface area contributed by atoms with Crippen LogP contribution in [-0.4, -0.2) is 11.2 Å². The average Bonchev–Trinajstić information content (AvgIpc) is 2.12. The van der Waals surface area contributed by atoms with Crippen molar-refractivity contribution in [3.63, 3.8) is 0 Å². The van der Waals surface area contributed by atoms with Crippen LogP contribution >= 0.6 is 31.9 Å². The number of aliphatic hydroxyl groups excluding tert-OH is 1. The Morgan fingerprint density at radius 2 is 1.75 bits per heavy atom. The van der Waals surface area contributed by atoms with Gasteiger partial charge in [-0.1, -0.05) is 38.3 Å². The van der Waals surface area contributed by atoms with E-state index in [2.05, 4.69) is 31.9 Å². The summed E-state index contributed by atoms with van der Waals surface area (Å²) in [6, 6.07) is 5.61. The van der Waals surface area contributed by atoms with E-state index in [1.165, 1.54) is 6.42 Å². The molecule has 2 rings (SSSR count). The van der Waals surface area contributed by atoms with E-state index in [-0.39, 0.29) is 6.04 Å². The molecule has 3 N–H and O–H groups in total. The standard InChI is InChI=1S/C12H15Br2NO/c13-9-4-8(5-10(14)6-9)11(15)12(16)7-2-1-3-7/h4-7,11-12,16H,1-3,15H2/t11-,12+/m0/s1. The van der Waals surface area contributed by atoms with Crippen molar-refractivity contribution >= 4 is 31.9 Å². The molecule has 1 aromatic carbocycles. The minimum Gasteiger partial charge on any atom is -0.391 e. The van der Waals surface area contributed by atoms with E-state index in [0.717, 1.165) is 27.4 Å². The SMILES string of the molecule is N[C@@H](c1cc(Br)cc(Br)c1)[C@H](O)C1CCC1. The molecule has 1 aliphatic rings. The van der Waals surface area contributed by atoms with E-state index in [1.54, 1.807) is 0 Å². The third-order valence-corrected chi connectivity index (χ3v) is 4.19. The molecule has 0 aliphatic heterocycles. The van der Waals surface area contributed by atoms with Crippen LogP contribution in [0.4, 0.5) is 0 Å². The number of benzene rings is 1. The largest absolute Gasteiger partial charge is 0.391 e. The van der Waals surface area contributed by atoms with Crippen molar-refractivity contribution in [1.29, 1.82) is 0 Å². The first kappa shape index (κ1) is 12.6. The van der Waals surface area contributed by atoms with Gasteiger partial charge < -0.3 is 10.8 Å². The van der Waals surface area contributed by atoms with Gasteiger partial charge in [0, 0.05) is 8.95 Å². The van der Waals surface area contributed by atoms with Gasteiger partial charge in [0.2, 0.25) is 0 Å². The molecule has 0 aromatic heterocycles. The van der Waals surface area contributed by atoms with Crippen molar-refractivity contribution in [3.8, 4) is 0 Å². The lowest BCUT2D eigenvalue weighted by molar-refractivity contribution is 0.0413. The summed E-state index contributed by atoms with van der Waals surface area (Å²) in [6.45, 7) is 0. The number of hydrogen-bond acceptors (Lipinski definition) is 2. The van der Waals surface area contributed by atoms with Crippen molar-refractivity contribution in [1.82, 2.24) is 0 Å². The van der Waals surface area contributed by atoms with E-state index in [0.29, 0.717) is 5.92 Å². The minimum absolute atomic E-state index is 0.293. The first-order valence-electron chi connectivity index (χ1n) is 5.47. The highest BCUT2D eigenvalue weighted by Gasteiger charge is 2.30. The Kier molecular flexibility index (Phi) is 4.06. The van der Waals surface area contributed by atoms with Crippen molar-refractivity contribution in [2.45, 2.75) is 31.4 Å². The molecule has 0 bridgehead atoms. The Balaban J connectivity index is 2.15. The van der Waals surface area contributed by atoms with Crippen LogP contribution in [-0.2, 0) is 0 Å². The van der Waals surface area contributed by atoms with Gasteiger partial charge in [-0.25, -0.2) is 0 Å². The maximum absolute atomic E-state index is 10.1. The van der Waals surface area contributed by atoms with E-state index in [4.69, 9.17) is 5.73 Å². The second-order valence-corrected chi connectivity index (χ2v) is 6.24. The highest BCUT2D eigenvalue weighted by atomic mass is 79.9. The second-order valence-electron chi connectivity index (χ2n) is 4.41. The van der Waals surface area contributed by atoms with Crippen molar-refractivity contribution in [2.24, 2.45) is 11.7 Å². The van der Waals surface area contributed by atoms with Crippen molar-refractivity contribution in [2.75, 3.05) is 0 Å². The Hall–Kier alpha value is 0.1000. The van der Waals surface area contributed by atoms with E-state index in [9.17, 15) is 5.11 Å². The number of halogens is 2. The Labute approximate surface area is 112 Å². The molecule has 2 nitrogen and oxygen atoms in total. The summed E-state index contributed by atoms with van der Waals surface area (Å²) in [6.07, 6.45) is 3.00. The summed E-state index contributed by atoms with van der Waals surface area (Å²) in [5.41, 5.74) is 7.07. The molecule has 1 aliphatic carbocycles. The van der Waals surface area contributed by atoms with Crippen LogP contribution in [0.3, 0.4) is 0 Å². The summed E-state index contributed by atoms with van der Waals surface area (Å²) in [4.78, 5) is 0. The van der Waals surface area contributed by atoms with E-state index >= 15 is 0 Å². The van der Waals surface area contributed by atoms with Crippen LogP contribution in [0, 0.1) is 5.92 Å². The first-order chi connectivity index (χ1) is 7.58. The Morgan fingerprint density at radius 3 is 2.19 bits per heavy atom. The molecule has 1 fully saturated rings. The topological polar surface area (TPSA) is 46.2 Å². The van der Waals surface area contributed by atoms with Crippen LogP contribution in [0.1, 0.15) is 30.9 Å². The fourth-order valence-corrected chi connectivity index (χ4v) is 3.37. The summed E-state index contributed by atoms with van der Waals surface area (Å²) >= 11 is 6.86. The maximum atomic E-state index is 10.1. The summed E-state index contributed by atoms with van der Waals surface area (Å²) < 4.78 is 1.96. The highest BCUT2D eigenvalue weighted by Crippen LogP contribution is 2.35. The quantitative estimate of drug-likeness (QED) is 0.879. The van der Waals surface area contributed by atoms with Gasteiger partial charge in [0.25, 0.3) is 0 Å². The molecular weight excluding hydrogens is 334 g/mol. The normalized spacial score (nSPS) is 20.2. The molecule has 0 amide bonds. The number of rotatable bonds is 3. The van der Waals surface area contributed by atoms with Gasteiger partial charge in [-0.2, -0.15) is 0 Å². The maximum Gasteiger partial charge on any atom is 0.0760 e. The predicted octanol–water partition coefficient (Wildman–Crippen LogP) is 3.37.